The predicted octanol–water partition coefficient (Wildman–Crippen LogP) is 5.36. The second kappa shape index (κ2) is 5.73. The summed E-state index contributed by atoms with van der Waals surface area (Å²) in [7, 11) is 0. The molecule has 0 spiro atoms. The Balaban J connectivity index is 1.71. The third-order valence-corrected chi connectivity index (χ3v) is 5.79. The molecular formula is C23H19NO2. The largest absolute Gasteiger partial charge is 0.478 e. The first-order chi connectivity index (χ1) is 12.7. The maximum atomic E-state index is 11.8. The number of carbonyl (C=O) groups is 1. The second-order valence-electron chi connectivity index (χ2n) is 7.12. The number of rotatable bonds is 2. The van der Waals surface area contributed by atoms with Gasteiger partial charge in [0.15, 0.2) is 0 Å². The summed E-state index contributed by atoms with van der Waals surface area (Å²) in [6.07, 6.45) is 5.48. The molecule has 3 nitrogen and oxygen atoms in total. The van der Waals surface area contributed by atoms with E-state index in [1.54, 1.807) is 6.07 Å². The minimum atomic E-state index is -0.883. The van der Waals surface area contributed by atoms with E-state index in [0.29, 0.717) is 11.5 Å². The number of hydrogen-bond donors (Lipinski definition) is 2. The molecule has 0 unspecified atom stereocenters. The van der Waals surface area contributed by atoms with Gasteiger partial charge in [0.2, 0.25) is 0 Å². The SMILES string of the molecule is O=C(O)c1cccc2c1N[C@H](c1cccc3ccccc13)[C@@H]1CC=C[C@H]21. The normalized spacial score (nSPS) is 23.3. The fourth-order valence-corrected chi connectivity index (χ4v) is 4.63. The highest BCUT2D eigenvalue weighted by atomic mass is 16.4. The van der Waals surface area contributed by atoms with Crippen molar-refractivity contribution in [2.75, 3.05) is 5.32 Å². The van der Waals surface area contributed by atoms with E-state index in [9.17, 15) is 9.90 Å². The monoisotopic (exact) mass is 341 g/mol. The Morgan fingerprint density at radius 2 is 1.73 bits per heavy atom. The van der Waals surface area contributed by atoms with Gasteiger partial charge in [-0.3, -0.25) is 0 Å². The van der Waals surface area contributed by atoms with Crippen LogP contribution >= 0.6 is 0 Å². The number of allylic oxidation sites excluding steroid dienone is 2. The molecule has 0 aromatic heterocycles. The number of aromatic carboxylic acids is 1. The molecule has 2 N–H and O–H groups in total. The number of nitrogens with one attached hydrogen (secondary N) is 1. The highest BCUT2D eigenvalue weighted by Gasteiger charge is 2.39. The fourth-order valence-electron chi connectivity index (χ4n) is 4.63. The van der Waals surface area contributed by atoms with Crippen LogP contribution in [0.15, 0.2) is 72.8 Å². The maximum absolute atomic E-state index is 11.8. The van der Waals surface area contributed by atoms with Crippen LogP contribution in [0.1, 0.15) is 39.9 Å². The van der Waals surface area contributed by atoms with Gasteiger partial charge < -0.3 is 10.4 Å². The van der Waals surface area contributed by atoms with Crippen LogP contribution in [0.3, 0.4) is 0 Å². The van der Waals surface area contributed by atoms with Crippen LogP contribution in [0.5, 0.6) is 0 Å². The molecule has 0 fully saturated rings. The maximum Gasteiger partial charge on any atom is 0.337 e. The predicted molar refractivity (Wildman–Crippen MR) is 104 cm³/mol. The highest BCUT2D eigenvalue weighted by molar-refractivity contribution is 5.96. The van der Waals surface area contributed by atoms with Crippen molar-refractivity contribution in [3.8, 4) is 0 Å². The van der Waals surface area contributed by atoms with Crippen LogP contribution < -0.4 is 5.32 Å². The summed E-state index contributed by atoms with van der Waals surface area (Å²) in [5.41, 5.74) is 3.46. The summed E-state index contributed by atoms with van der Waals surface area (Å²) in [6, 6.07) is 20.5. The van der Waals surface area contributed by atoms with E-state index < -0.39 is 5.97 Å². The number of carboxylic acid groups (broad SMARTS) is 1. The molecule has 3 atom stereocenters. The summed E-state index contributed by atoms with van der Waals surface area (Å²) in [5, 5.41) is 15.7. The number of para-hydroxylation sites is 1. The molecule has 26 heavy (non-hydrogen) atoms. The molecule has 0 bridgehead atoms. The molecule has 0 saturated heterocycles. The lowest BCUT2D eigenvalue weighted by Gasteiger charge is -2.38. The zero-order valence-electron chi connectivity index (χ0n) is 14.2. The third-order valence-electron chi connectivity index (χ3n) is 5.79. The lowest BCUT2D eigenvalue weighted by atomic mass is 9.75. The molecule has 0 saturated carbocycles. The molecule has 1 aliphatic heterocycles. The van der Waals surface area contributed by atoms with E-state index in [2.05, 4.69) is 66.0 Å². The number of hydrogen-bond acceptors (Lipinski definition) is 2. The molecule has 0 amide bonds. The topological polar surface area (TPSA) is 49.3 Å². The first-order valence-corrected chi connectivity index (χ1v) is 9.01. The van der Waals surface area contributed by atoms with E-state index >= 15 is 0 Å². The van der Waals surface area contributed by atoms with Crippen molar-refractivity contribution in [1.29, 1.82) is 0 Å². The van der Waals surface area contributed by atoms with Crippen molar-refractivity contribution in [3.05, 3.63) is 89.5 Å². The van der Waals surface area contributed by atoms with Crippen molar-refractivity contribution in [2.24, 2.45) is 5.92 Å². The Morgan fingerprint density at radius 1 is 0.962 bits per heavy atom. The summed E-state index contributed by atoms with van der Waals surface area (Å²) >= 11 is 0. The Hall–Kier alpha value is -3.07. The van der Waals surface area contributed by atoms with Crippen LogP contribution in [0.4, 0.5) is 5.69 Å². The van der Waals surface area contributed by atoms with Crippen molar-refractivity contribution in [1.82, 2.24) is 0 Å². The van der Waals surface area contributed by atoms with Crippen molar-refractivity contribution >= 4 is 22.4 Å². The van der Waals surface area contributed by atoms with Gasteiger partial charge in [-0.15, -0.1) is 0 Å². The standard InChI is InChI=1S/C23H19NO2/c25-23(26)20-13-5-12-19-16-9-4-11-18(16)21(24-22(19)20)17-10-3-7-14-6-1-2-8-15(14)17/h1-10,12-13,16,18,21,24H,11H2,(H,25,26)/t16-,18+,21+/m0/s1. The molecule has 1 heterocycles. The fraction of sp³-hybridized carbons (Fsp3) is 0.174. The Bertz CT molecular complexity index is 1050. The van der Waals surface area contributed by atoms with Gasteiger partial charge in [0, 0.05) is 5.92 Å². The average Bonchev–Trinajstić information content (AvgIpc) is 3.16. The lowest BCUT2D eigenvalue weighted by Crippen LogP contribution is -2.30. The van der Waals surface area contributed by atoms with Gasteiger partial charge >= 0.3 is 5.97 Å². The summed E-state index contributed by atoms with van der Waals surface area (Å²) < 4.78 is 0. The smallest absolute Gasteiger partial charge is 0.337 e. The van der Waals surface area contributed by atoms with Crippen LogP contribution in [0, 0.1) is 5.92 Å². The molecular weight excluding hydrogens is 322 g/mol. The average molecular weight is 341 g/mol. The Morgan fingerprint density at radius 3 is 2.62 bits per heavy atom. The van der Waals surface area contributed by atoms with Gasteiger partial charge in [0.25, 0.3) is 0 Å². The van der Waals surface area contributed by atoms with E-state index in [1.807, 2.05) is 6.07 Å². The van der Waals surface area contributed by atoms with Gasteiger partial charge in [-0.2, -0.15) is 0 Å². The third kappa shape index (κ3) is 2.17. The first kappa shape index (κ1) is 15.2. The molecule has 2 aliphatic rings. The van der Waals surface area contributed by atoms with Gasteiger partial charge in [0.1, 0.15) is 0 Å². The number of fused-ring (bicyclic) bond motifs is 4. The Labute approximate surface area is 152 Å². The van der Waals surface area contributed by atoms with Crippen LogP contribution in [-0.2, 0) is 0 Å². The van der Waals surface area contributed by atoms with E-state index in [-0.39, 0.29) is 12.0 Å². The molecule has 128 valence electrons. The van der Waals surface area contributed by atoms with E-state index in [0.717, 1.165) is 17.7 Å². The summed E-state index contributed by atoms with van der Waals surface area (Å²) in [5.74, 6) is -0.224. The van der Waals surface area contributed by atoms with E-state index in [1.165, 1.54) is 16.3 Å². The van der Waals surface area contributed by atoms with Crippen molar-refractivity contribution in [3.63, 3.8) is 0 Å². The number of carboxylic acids is 1. The number of benzene rings is 3. The van der Waals surface area contributed by atoms with Gasteiger partial charge in [-0.1, -0.05) is 66.7 Å². The molecule has 3 heteroatoms. The summed E-state index contributed by atoms with van der Waals surface area (Å²) in [6.45, 7) is 0. The quantitative estimate of drug-likeness (QED) is 0.617. The highest BCUT2D eigenvalue weighted by Crippen LogP contribution is 2.51. The van der Waals surface area contributed by atoms with Crippen molar-refractivity contribution < 1.29 is 9.90 Å². The van der Waals surface area contributed by atoms with Gasteiger partial charge in [0.05, 0.1) is 17.3 Å². The molecule has 3 aromatic carbocycles. The minimum absolute atomic E-state index is 0.0918. The van der Waals surface area contributed by atoms with Crippen LogP contribution in [0.2, 0.25) is 0 Å². The molecule has 0 radical (unpaired) electrons. The molecule has 3 aromatic rings. The number of anilines is 1. The zero-order chi connectivity index (χ0) is 17.7. The summed E-state index contributed by atoms with van der Waals surface area (Å²) in [4.78, 5) is 11.8. The van der Waals surface area contributed by atoms with Crippen LogP contribution in [0.25, 0.3) is 10.8 Å². The zero-order valence-corrected chi connectivity index (χ0v) is 14.2. The van der Waals surface area contributed by atoms with Gasteiger partial charge in [-0.25, -0.2) is 4.79 Å². The van der Waals surface area contributed by atoms with E-state index in [4.69, 9.17) is 0 Å². The molecule has 1 aliphatic carbocycles. The lowest BCUT2D eigenvalue weighted by molar-refractivity contribution is 0.0697. The minimum Gasteiger partial charge on any atom is -0.478 e. The Kier molecular flexibility index (Phi) is 3.35. The van der Waals surface area contributed by atoms with Crippen molar-refractivity contribution in [2.45, 2.75) is 18.4 Å². The first-order valence-electron chi connectivity index (χ1n) is 9.01. The van der Waals surface area contributed by atoms with Crippen LogP contribution in [-0.4, -0.2) is 11.1 Å². The molecule has 5 rings (SSSR count). The second-order valence-corrected chi connectivity index (χ2v) is 7.12. The van der Waals surface area contributed by atoms with Gasteiger partial charge in [-0.05, 0) is 40.3 Å².